The monoisotopic (exact) mass is 232 g/mol. The molecular formula is C13H16N2O2. The number of carbonyl (C=O) groups is 1. The molecule has 1 atom stereocenters. The van der Waals surface area contributed by atoms with Gasteiger partial charge in [-0.2, -0.15) is 0 Å². The molecule has 0 fully saturated rings. The molecule has 1 aromatic heterocycles. The largest absolute Gasteiger partial charge is 0.377 e. The van der Waals surface area contributed by atoms with Crippen LogP contribution in [0, 0.1) is 0 Å². The summed E-state index contributed by atoms with van der Waals surface area (Å²) in [6, 6.07) is 0.214. The molecule has 0 bridgehead atoms. The first-order valence-electron chi connectivity index (χ1n) is 5.58. The van der Waals surface area contributed by atoms with Crippen molar-refractivity contribution in [1.82, 2.24) is 10.1 Å². The number of rotatable bonds is 4. The maximum atomic E-state index is 10.4. The summed E-state index contributed by atoms with van der Waals surface area (Å²) in [6.45, 7) is 4.16. The molecule has 1 unspecified atom stereocenters. The highest BCUT2D eigenvalue weighted by Gasteiger charge is 2.06. The molecule has 0 aliphatic heterocycles. The molecule has 1 aromatic rings. The number of carbonyl (C=O) groups excluding carboxylic acids is 1. The van der Waals surface area contributed by atoms with Crippen LogP contribution in [-0.2, 0) is 11.8 Å². The minimum Gasteiger partial charge on any atom is -0.377 e. The Bertz CT molecular complexity index is 560. The number of nitrogens with one attached hydrogen (secondary N) is 1. The lowest BCUT2D eigenvalue weighted by Crippen LogP contribution is -2.42. The summed E-state index contributed by atoms with van der Waals surface area (Å²) in [5.74, 6) is 0. The molecule has 0 saturated heterocycles. The summed E-state index contributed by atoms with van der Waals surface area (Å²) in [6.07, 6.45) is 9.73. The average Bonchev–Trinajstić information content (AvgIpc) is 2.30. The number of aromatic nitrogens is 1. The molecular weight excluding hydrogens is 216 g/mol. The number of aryl methyl sites for hydroxylation is 1. The van der Waals surface area contributed by atoms with Crippen molar-refractivity contribution in [2.45, 2.75) is 12.5 Å². The van der Waals surface area contributed by atoms with Crippen LogP contribution < -0.4 is 16.1 Å². The summed E-state index contributed by atoms with van der Waals surface area (Å²) in [5, 5.41) is 4.37. The van der Waals surface area contributed by atoms with Crippen molar-refractivity contribution in [3.8, 4) is 0 Å². The summed E-state index contributed by atoms with van der Waals surface area (Å²) in [5.41, 5.74) is 1.47. The Hall–Kier alpha value is -1.81. The molecule has 0 radical (unpaired) electrons. The lowest BCUT2D eigenvalue weighted by atomic mass is 10.1. The molecule has 0 amide bonds. The first-order chi connectivity index (χ1) is 8.20. The maximum Gasteiger partial charge on any atom is 0.181 e. The van der Waals surface area contributed by atoms with Gasteiger partial charge in [0, 0.05) is 19.6 Å². The van der Waals surface area contributed by atoms with Gasteiger partial charge in [-0.25, -0.2) is 4.74 Å². The highest BCUT2D eigenvalue weighted by Crippen LogP contribution is 1.99. The minimum atomic E-state index is 0.214. The Morgan fingerprint density at radius 1 is 1.76 bits per heavy atom. The maximum absolute atomic E-state index is 10.4. The Morgan fingerprint density at radius 2 is 2.59 bits per heavy atom. The van der Waals surface area contributed by atoms with Gasteiger partial charge in [0.1, 0.15) is 11.6 Å². The van der Waals surface area contributed by atoms with E-state index < -0.39 is 0 Å². The van der Waals surface area contributed by atoms with Crippen LogP contribution in [0.3, 0.4) is 0 Å². The van der Waals surface area contributed by atoms with Crippen molar-refractivity contribution in [3.63, 3.8) is 0 Å². The lowest BCUT2D eigenvalue weighted by molar-refractivity contribution is -0.104. The highest BCUT2D eigenvalue weighted by atomic mass is 16.5. The molecule has 90 valence electrons. The van der Waals surface area contributed by atoms with Gasteiger partial charge in [0.25, 0.3) is 0 Å². The topological polar surface area (TPSA) is 47.2 Å². The Kier molecular flexibility index (Phi) is 3.44. The molecule has 2 rings (SSSR count). The van der Waals surface area contributed by atoms with Crippen molar-refractivity contribution < 1.29 is 9.32 Å². The van der Waals surface area contributed by atoms with Crippen molar-refractivity contribution in [1.29, 1.82) is 0 Å². The molecule has 0 aromatic carbocycles. The number of nitrogens with zero attached hydrogens (tertiary/aromatic N) is 1. The van der Waals surface area contributed by atoms with Gasteiger partial charge in [0.2, 0.25) is 0 Å². The predicted molar refractivity (Wildman–Crippen MR) is 66.6 cm³/mol. The Balaban J connectivity index is 2.05. The average molecular weight is 232 g/mol. The van der Waals surface area contributed by atoms with Crippen molar-refractivity contribution in [2.75, 3.05) is 6.54 Å². The number of hydrogen-bond acceptors (Lipinski definition) is 3. The number of hydrogen-bond donors (Lipinski definition) is 1. The molecule has 1 aliphatic carbocycles. The van der Waals surface area contributed by atoms with Crippen molar-refractivity contribution in [2.24, 2.45) is 7.05 Å². The van der Waals surface area contributed by atoms with Crippen LogP contribution in [-0.4, -0.2) is 23.6 Å². The van der Waals surface area contributed by atoms with Gasteiger partial charge >= 0.3 is 0 Å². The van der Waals surface area contributed by atoms with Gasteiger partial charge in [0.15, 0.2) is 5.42 Å². The third-order valence-electron chi connectivity index (χ3n) is 2.74. The van der Waals surface area contributed by atoms with E-state index in [0.29, 0.717) is 12.1 Å². The Labute approximate surface area is 99.6 Å². The fraction of sp³-hybridized carbons (Fsp3) is 0.308. The van der Waals surface area contributed by atoms with E-state index in [4.69, 9.17) is 4.52 Å². The predicted octanol–water partition coefficient (Wildman–Crippen LogP) is -0.148. The molecule has 4 nitrogen and oxygen atoms in total. The van der Waals surface area contributed by atoms with E-state index in [-0.39, 0.29) is 6.04 Å². The Morgan fingerprint density at radius 3 is 3.29 bits per heavy atom. The molecule has 1 heterocycles. The second-order valence-electron chi connectivity index (χ2n) is 4.09. The molecule has 4 heteroatoms. The van der Waals surface area contributed by atoms with E-state index in [1.165, 1.54) is 0 Å². The second-order valence-corrected chi connectivity index (χ2v) is 4.09. The van der Waals surface area contributed by atoms with Gasteiger partial charge in [-0.15, -0.1) is 0 Å². The summed E-state index contributed by atoms with van der Waals surface area (Å²) in [7, 11) is 1.88. The normalized spacial score (nSPS) is 24.4. The van der Waals surface area contributed by atoms with Gasteiger partial charge in [-0.05, 0) is 18.1 Å². The highest BCUT2D eigenvalue weighted by molar-refractivity contribution is 5.72. The lowest BCUT2D eigenvalue weighted by Gasteiger charge is -2.14. The third-order valence-corrected chi connectivity index (χ3v) is 2.74. The quantitative estimate of drug-likeness (QED) is 0.580. The molecule has 0 spiro atoms. The number of allylic oxidation sites excluding steroid dienone is 1. The summed E-state index contributed by atoms with van der Waals surface area (Å²) < 4.78 is 7.07. The fourth-order valence-electron chi connectivity index (χ4n) is 1.75. The summed E-state index contributed by atoms with van der Waals surface area (Å²) in [4.78, 5) is 10.4. The zero-order valence-corrected chi connectivity index (χ0v) is 9.85. The van der Waals surface area contributed by atoms with Crippen LogP contribution in [0.1, 0.15) is 6.42 Å². The zero-order chi connectivity index (χ0) is 12.3. The van der Waals surface area contributed by atoms with E-state index in [1.54, 1.807) is 4.74 Å². The second kappa shape index (κ2) is 5.01. The van der Waals surface area contributed by atoms with E-state index in [2.05, 4.69) is 24.0 Å². The van der Waals surface area contributed by atoms with Crippen molar-refractivity contribution >= 4 is 18.4 Å². The van der Waals surface area contributed by atoms with Gasteiger partial charge in [0.05, 0.1) is 0 Å². The smallest absolute Gasteiger partial charge is 0.181 e. The molecule has 0 saturated carbocycles. The fourth-order valence-corrected chi connectivity index (χ4v) is 1.75. The van der Waals surface area contributed by atoms with Crippen LogP contribution in [0.15, 0.2) is 28.8 Å². The van der Waals surface area contributed by atoms with Crippen LogP contribution in [0.5, 0.6) is 0 Å². The van der Waals surface area contributed by atoms with Crippen LogP contribution in [0.2, 0.25) is 0 Å². The molecule has 1 aliphatic rings. The van der Waals surface area contributed by atoms with Crippen LogP contribution in [0.25, 0.3) is 12.2 Å². The summed E-state index contributed by atoms with van der Waals surface area (Å²) >= 11 is 0. The van der Waals surface area contributed by atoms with E-state index in [0.717, 1.165) is 23.5 Å². The first kappa shape index (κ1) is 11.7. The van der Waals surface area contributed by atoms with Crippen LogP contribution >= 0.6 is 0 Å². The van der Waals surface area contributed by atoms with E-state index >= 15 is 0 Å². The van der Waals surface area contributed by atoms with Gasteiger partial charge in [-0.3, -0.25) is 4.79 Å². The zero-order valence-electron chi connectivity index (χ0n) is 9.85. The van der Waals surface area contributed by atoms with Gasteiger partial charge in [-0.1, -0.05) is 24.8 Å². The number of aldehydes is 1. The first-order valence-corrected chi connectivity index (χ1v) is 5.58. The molecule has 1 N–H and O–H groups in total. The number of fused-ring (bicyclic) bond motifs is 1. The van der Waals surface area contributed by atoms with Crippen molar-refractivity contribution in [3.05, 3.63) is 35.1 Å². The standard InChI is InChI=1S/C13H16N2O2/c1-10(9-16)8-14-11-4-3-5-13-12(7-6-11)15(2)17-13/h3-5,7,9,11,14H,1,6,8H2,2H3/b4-3+,12-7+,13-5+. The van der Waals surface area contributed by atoms with Gasteiger partial charge < -0.3 is 9.84 Å². The van der Waals surface area contributed by atoms with E-state index in [1.807, 2.05) is 19.2 Å². The van der Waals surface area contributed by atoms with E-state index in [9.17, 15) is 4.79 Å². The minimum absolute atomic E-state index is 0.214. The third kappa shape index (κ3) is 2.65. The molecule has 17 heavy (non-hydrogen) atoms. The van der Waals surface area contributed by atoms with Crippen LogP contribution in [0.4, 0.5) is 0 Å². The SMILES string of the molecule is C=C(C=O)CNC1/C=C/C=c2/on(C)/c2=C/C1.